The molecular formula is C35H37BrClN3O4S. The Bertz CT molecular complexity index is 1720. The average molecular weight is 711 g/mol. The first-order chi connectivity index (χ1) is 21.5. The lowest BCUT2D eigenvalue weighted by atomic mass is 10.0. The molecule has 0 saturated heterocycles. The van der Waals surface area contributed by atoms with Gasteiger partial charge in [0.25, 0.3) is 10.0 Å². The van der Waals surface area contributed by atoms with Crippen molar-refractivity contribution in [1.29, 1.82) is 0 Å². The van der Waals surface area contributed by atoms with E-state index in [2.05, 4.69) is 21.2 Å². The van der Waals surface area contributed by atoms with E-state index in [-0.39, 0.29) is 40.5 Å². The Labute approximate surface area is 279 Å². The third-order valence-corrected chi connectivity index (χ3v) is 10.1. The summed E-state index contributed by atoms with van der Waals surface area (Å²) in [5.41, 5.74) is 2.70. The van der Waals surface area contributed by atoms with Crippen molar-refractivity contribution in [2.24, 2.45) is 0 Å². The second kappa shape index (κ2) is 15.6. The van der Waals surface area contributed by atoms with Gasteiger partial charge in [-0.1, -0.05) is 107 Å². The molecule has 2 amide bonds. The van der Waals surface area contributed by atoms with Crippen molar-refractivity contribution in [1.82, 2.24) is 10.2 Å². The standard InChI is InChI=1S/C35H37BrClN3O4S/c1-4-26(3)38-35(42)33(22-27-11-6-5-7-12-27)39(23-28-13-10-14-29(36)21-28)34(41)24-40(32-16-9-8-15-31(32)37)45(43,44)30-19-17-25(2)18-20-30/h5-21,26,33H,4,22-24H2,1-3H3,(H,38,42)/t26-,33-/m0/s1. The molecule has 10 heteroatoms. The highest BCUT2D eigenvalue weighted by molar-refractivity contribution is 9.10. The first kappa shape index (κ1) is 34.2. The number of para-hydroxylation sites is 1. The molecule has 0 aromatic heterocycles. The van der Waals surface area contributed by atoms with E-state index >= 15 is 0 Å². The summed E-state index contributed by atoms with van der Waals surface area (Å²) < 4.78 is 30.1. The maximum absolute atomic E-state index is 14.5. The zero-order valence-corrected chi connectivity index (χ0v) is 28.6. The number of aryl methyl sites for hydroxylation is 1. The molecule has 2 atom stereocenters. The molecule has 0 heterocycles. The van der Waals surface area contributed by atoms with Crippen molar-refractivity contribution in [2.45, 2.75) is 57.1 Å². The predicted octanol–water partition coefficient (Wildman–Crippen LogP) is 7.16. The van der Waals surface area contributed by atoms with E-state index in [4.69, 9.17) is 11.6 Å². The van der Waals surface area contributed by atoms with E-state index in [0.717, 1.165) is 25.5 Å². The van der Waals surface area contributed by atoms with Gasteiger partial charge in [-0.15, -0.1) is 0 Å². The molecule has 0 aliphatic heterocycles. The topological polar surface area (TPSA) is 86.8 Å². The largest absolute Gasteiger partial charge is 0.352 e. The number of carbonyl (C=O) groups excluding carboxylic acids is 2. The van der Waals surface area contributed by atoms with Crippen LogP contribution in [0.25, 0.3) is 0 Å². The lowest BCUT2D eigenvalue weighted by molar-refractivity contribution is -0.140. The number of hydrogen-bond donors (Lipinski definition) is 1. The molecular weight excluding hydrogens is 674 g/mol. The molecule has 0 aliphatic carbocycles. The number of hydrogen-bond acceptors (Lipinski definition) is 4. The van der Waals surface area contributed by atoms with E-state index in [1.54, 1.807) is 36.4 Å². The lowest BCUT2D eigenvalue weighted by Gasteiger charge is -2.34. The molecule has 4 aromatic carbocycles. The maximum Gasteiger partial charge on any atom is 0.264 e. The summed E-state index contributed by atoms with van der Waals surface area (Å²) >= 11 is 10.0. The van der Waals surface area contributed by atoms with Crippen LogP contribution in [0, 0.1) is 6.92 Å². The van der Waals surface area contributed by atoms with Gasteiger partial charge in [0.1, 0.15) is 12.6 Å². The Kier molecular flexibility index (Phi) is 11.8. The molecule has 0 bridgehead atoms. The van der Waals surface area contributed by atoms with E-state index < -0.39 is 28.5 Å². The molecule has 0 unspecified atom stereocenters. The van der Waals surface area contributed by atoms with Crippen LogP contribution >= 0.6 is 27.5 Å². The highest BCUT2D eigenvalue weighted by atomic mass is 79.9. The van der Waals surface area contributed by atoms with E-state index in [1.807, 2.05) is 75.4 Å². The van der Waals surface area contributed by atoms with Crippen LogP contribution in [0.1, 0.15) is 37.0 Å². The van der Waals surface area contributed by atoms with Crippen LogP contribution < -0.4 is 9.62 Å². The number of amides is 2. The van der Waals surface area contributed by atoms with E-state index in [1.165, 1.54) is 17.0 Å². The fourth-order valence-corrected chi connectivity index (χ4v) is 7.00. The Morgan fingerprint density at radius 1 is 0.889 bits per heavy atom. The number of carbonyl (C=O) groups is 2. The molecule has 0 radical (unpaired) electrons. The quantitative estimate of drug-likeness (QED) is 0.160. The van der Waals surface area contributed by atoms with Crippen LogP contribution in [0.3, 0.4) is 0 Å². The molecule has 0 fully saturated rings. The van der Waals surface area contributed by atoms with Crippen LogP contribution in [0.5, 0.6) is 0 Å². The minimum absolute atomic E-state index is 0.0229. The smallest absolute Gasteiger partial charge is 0.264 e. The summed E-state index contributed by atoms with van der Waals surface area (Å²) in [7, 11) is -4.24. The molecule has 45 heavy (non-hydrogen) atoms. The molecule has 0 spiro atoms. The summed E-state index contributed by atoms with van der Waals surface area (Å²) in [4.78, 5) is 29.9. The number of anilines is 1. The Morgan fingerprint density at radius 3 is 2.18 bits per heavy atom. The van der Waals surface area contributed by atoms with Gasteiger partial charge in [-0.25, -0.2) is 8.42 Å². The van der Waals surface area contributed by atoms with Crippen LogP contribution in [-0.2, 0) is 32.6 Å². The van der Waals surface area contributed by atoms with Gasteiger partial charge in [-0.2, -0.15) is 0 Å². The van der Waals surface area contributed by atoms with Crippen molar-refractivity contribution in [3.63, 3.8) is 0 Å². The zero-order valence-electron chi connectivity index (χ0n) is 25.5. The van der Waals surface area contributed by atoms with Crippen LogP contribution in [0.15, 0.2) is 112 Å². The molecule has 236 valence electrons. The molecule has 4 aromatic rings. The van der Waals surface area contributed by atoms with E-state index in [9.17, 15) is 18.0 Å². The number of halogens is 2. The third-order valence-electron chi connectivity index (χ3n) is 7.52. The number of nitrogens with one attached hydrogen (secondary N) is 1. The molecule has 7 nitrogen and oxygen atoms in total. The van der Waals surface area contributed by atoms with Gasteiger partial charge >= 0.3 is 0 Å². The number of benzene rings is 4. The minimum Gasteiger partial charge on any atom is -0.352 e. The second-order valence-electron chi connectivity index (χ2n) is 11.0. The predicted molar refractivity (Wildman–Crippen MR) is 184 cm³/mol. The summed E-state index contributed by atoms with van der Waals surface area (Å²) in [6.45, 7) is 5.24. The third kappa shape index (κ3) is 8.96. The average Bonchev–Trinajstić information content (AvgIpc) is 3.02. The van der Waals surface area contributed by atoms with Crippen molar-refractivity contribution < 1.29 is 18.0 Å². The van der Waals surface area contributed by atoms with Gasteiger partial charge in [-0.05, 0) is 67.8 Å². The highest BCUT2D eigenvalue weighted by Gasteiger charge is 2.35. The SMILES string of the molecule is CC[C@H](C)NC(=O)[C@H](Cc1ccccc1)N(Cc1cccc(Br)c1)C(=O)CN(c1ccccc1Cl)S(=O)(=O)c1ccc(C)cc1. The molecule has 1 N–H and O–H groups in total. The van der Waals surface area contributed by atoms with Crippen molar-refractivity contribution in [3.05, 3.63) is 129 Å². The van der Waals surface area contributed by atoms with E-state index in [0.29, 0.717) is 6.42 Å². The van der Waals surface area contributed by atoms with Gasteiger partial charge in [-0.3, -0.25) is 13.9 Å². The first-order valence-corrected chi connectivity index (χ1v) is 17.3. The van der Waals surface area contributed by atoms with Crippen LogP contribution in [0.2, 0.25) is 5.02 Å². The van der Waals surface area contributed by atoms with Crippen molar-refractivity contribution in [3.8, 4) is 0 Å². The molecule has 4 rings (SSSR count). The highest BCUT2D eigenvalue weighted by Crippen LogP contribution is 2.31. The van der Waals surface area contributed by atoms with Crippen molar-refractivity contribution >= 4 is 55.1 Å². The maximum atomic E-state index is 14.5. The van der Waals surface area contributed by atoms with Crippen LogP contribution in [-0.4, -0.2) is 43.8 Å². The summed E-state index contributed by atoms with van der Waals surface area (Å²) in [6.07, 6.45) is 0.943. The van der Waals surface area contributed by atoms with Gasteiger partial charge < -0.3 is 10.2 Å². The number of nitrogens with zero attached hydrogens (tertiary/aromatic N) is 2. The summed E-state index contributed by atoms with van der Waals surface area (Å²) in [6, 6.07) is 28.8. The lowest BCUT2D eigenvalue weighted by Crippen LogP contribution is -2.54. The molecule has 0 aliphatic rings. The Hall–Kier alpha value is -3.66. The van der Waals surface area contributed by atoms with Gasteiger partial charge in [0.15, 0.2) is 0 Å². The normalized spacial score (nSPS) is 12.6. The zero-order chi connectivity index (χ0) is 32.6. The monoisotopic (exact) mass is 709 g/mol. The number of sulfonamides is 1. The Morgan fingerprint density at radius 2 is 1.53 bits per heavy atom. The second-order valence-corrected chi connectivity index (χ2v) is 14.1. The fraction of sp³-hybridized carbons (Fsp3) is 0.257. The van der Waals surface area contributed by atoms with Gasteiger partial charge in [0.05, 0.1) is 15.6 Å². The van der Waals surface area contributed by atoms with Gasteiger partial charge in [0, 0.05) is 23.5 Å². The summed E-state index contributed by atoms with van der Waals surface area (Å²) in [5.74, 6) is -0.868. The minimum atomic E-state index is -4.24. The molecule has 0 saturated carbocycles. The summed E-state index contributed by atoms with van der Waals surface area (Å²) in [5, 5.41) is 3.22. The fourth-order valence-electron chi connectivity index (χ4n) is 4.83. The van der Waals surface area contributed by atoms with Crippen LogP contribution in [0.4, 0.5) is 5.69 Å². The first-order valence-electron chi connectivity index (χ1n) is 14.7. The number of rotatable bonds is 13. The van der Waals surface area contributed by atoms with Gasteiger partial charge in [0.2, 0.25) is 11.8 Å². The Balaban J connectivity index is 1.82. The van der Waals surface area contributed by atoms with Crippen molar-refractivity contribution in [2.75, 3.05) is 10.8 Å².